The molecule has 2 N–H and O–H groups in total. The van der Waals surface area contributed by atoms with E-state index < -0.39 is 36.1 Å². The first-order chi connectivity index (χ1) is 21.7. The highest BCUT2D eigenvalue weighted by molar-refractivity contribution is 5.97. The lowest BCUT2D eigenvalue weighted by Gasteiger charge is -2.42. The molecule has 11 nitrogen and oxygen atoms in total. The van der Waals surface area contributed by atoms with Crippen molar-refractivity contribution in [3.63, 3.8) is 0 Å². The number of aliphatic hydroxyl groups is 2. The average Bonchev–Trinajstić information content (AvgIpc) is 3.28. The van der Waals surface area contributed by atoms with E-state index in [1.54, 1.807) is 11.9 Å². The molecule has 2 fully saturated rings. The lowest BCUT2D eigenvalue weighted by Crippen LogP contribution is -2.55. The Kier molecular flexibility index (Phi) is 8.59. The molecular weight excluding hydrogens is 577 g/mol. The van der Waals surface area contributed by atoms with Gasteiger partial charge in [-0.25, -0.2) is 4.39 Å². The van der Waals surface area contributed by atoms with Gasteiger partial charge in [-0.05, 0) is 37.4 Å². The molecule has 2 aromatic carbocycles. The number of rotatable bonds is 7. The van der Waals surface area contributed by atoms with Crippen LogP contribution in [0.2, 0.25) is 0 Å². The number of fused-ring (bicyclic) bond motifs is 2. The Hall–Kier alpha value is -4.31. The first-order valence-corrected chi connectivity index (χ1v) is 15.3. The van der Waals surface area contributed by atoms with Crippen molar-refractivity contribution in [3.05, 3.63) is 65.6 Å². The molecule has 1 unspecified atom stereocenters. The van der Waals surface area contributed by atoms with E-state index in [2.05, 4.69) is 60.9 Å². The van der Waals surface area contributed by atoms with Crippen molar-refractivity contribution in [3.8, 4) is 12.1 Å². The summed E-state index contributed by atoms with van der Waals surface area (Å²) in [6, 6.07) is 13.9. The first-order valence-electron chi connectivity index (χ1n) is 15.3. The Labute approximate surface area is 261 Å². The highest BCUT2D eigenvalue weighted by Crippen LogP contribution is 2.36. The van der Waals surface area contributed by atoms with E-state index in [-0.39, 0.29) is 38.5 Å². The van der Waals surface area contributed by atoms with Gasteiger partial charge in [-0.2, -0.15) is 15.2 Å². The average molecular weight is 616 g/mol. The van der Waals surface area contributed by atoms with Crippen molar-refractivity contribution < 1.29 is 24.1 Å². The lowest BCUT2D eigenvalue weighted by molar-refractivity contribution is -0.131. The number of aromatic nitrogens is 2. The van der Waals surface area contributed by atoms with Crippen LogP contribution in [0, 0.1) is 18.3 Å². The molecule has 1 amide bonds. The number of piperazine rings is 1. The minimum absolute atomic E-state index is 0.0363. The topological polar surface area (TPSA) is 129 Å². The van der Waals surface area contributed by atoms with Crippen molar-refractivity contribution in [2.45, 2.75) is 57.1 Å². The number of nitrogens with zero attached hydrogens (tertiary/aromatic N) is 7. The van der Waals surface area contributed by atoms with Crippen molar-refractivity contribution in [1.29, 1.82) is 5.26 Å². The third-order valence-electron chi connectivity index (χ3n) is 9.33. The van der Waals surface area contributed by atoms with Gasteiger partial charge in [-0.3, -0.25) is 9.69 Å². The summed E-state index contributed by atoms with van der Waals surface area (Å²) in [4.78, 5) is 29.6. The van der Waals surface area contributed by atoms with Gasteiger partial charge in [0.1, 0.15) is 18.7 Å². The first kappa shape index (κ1) is 30.7. The third kappa shape index (κ3) is 5.91. The van der Waals surface area contributed by atoms with Crippen LogP contribution >= 0.6 is 0 Å². The molecule has 0 saturated carbocycles. The van der Waals surface area contributed by atoms with Crippen LogP contribution in [0.3, 0.4) is 0 Å². The van der Waals surface area contributed by atoms with Crippen molar-refractivity contribution in [1.82, 2.24) is 19.8 Å². The predicted molar refractivity (Wildman–Crippen MR) is 167 cm³/mol. The molecule has 0 spiro atoms. The fraction of sp³-hybridized carbons (Fsp3) is 0.455. The van der Waals surface area contributed by atoms with Crippen molar-refractivity contribution >= 4 is 28.2 Å². The molecule has 3 aliphatic heterocycles. The second-order valence-electron chi connectivity index (χ2n) is 12.1. The Morgan fingerprint density at radius 1 is 1.16 bits per heavy atom. The number of anilines is 2. The van der Waals surface area contributed by atoms with Crippen LogP contribution < -0.4 is 14.5 Å². The molecule has 0 aliphatic carbocycles. The summed E-state index contributed by atoms with van der Waals surface area (Å²) in [5.74, 6) is -1.18. The largest absolute Gasteiger partial charge is 0.462 e. The second kappa shape index (κ2) is 12.6. The van der Waals surface area contributed by atoms with Crippen molar-refractivity contribution in [2.24, 2.45) is 0 Å². The second-order valence-corrected chi connectivity index (χ2v) is 12.1. The molecule has 0 bridgehead atoms. The summed E-state index contributed by atoms with van der Waals surface area (Å²) in [7, 11) is 1.74. The molecule has 236 valence electrons. The SMILES string of the molecule is C=C(F)C(=O)N1CCN(c2nc(OC[C@@H]3[C@H](O)CC(O)N3C)nc3c2CCN(c2cccc4cccc(C)c24)C3)C[C@@H]1CC#N. The number of amides is 1. The Balaban J connectivity index is 1.34. The van der Waals surface area contributed by atoms with Gasteiger partial charge in [0.05, 0.1) is 42.9 Å². The maximum Gasteiger partial charge on any atom is 0.318 e. The van der Waals surface area contributed by atoms with E-state index in [1.807, 2.05) is 4.90 Å². The number of halogens is 1. The predicted octanol–water partition coefficient (Wildman–Crippen LogP) is 2.68. The minimum atomic E-state index is -1.05. The molecule has 45 heavy (non-hydrogen) atoms. The zero-order valence-corrected chi connectivity index (χ0v) is 25.6. The number of likely N-dealkylation sites (tertiary alicyclic amines) is 1. The number of carbonyl (C=O) groups is 1. The fourth-order valence-electron chi connectivity index (χ4n) is 6.86. The number of hydrogen-bond donors (Lipinski definition) is 2. The molecular formula is C33H38FN7O4. The number of ether oxygens (including phenoxy) is 1. The van der Waals surface area contributed by atoms with Crippen LogP contribution in [0.5, 0.6) is 6.01 Å². The molecule has 12 heteroatoms. The highest BCUT2D eigenvalue weighted by atomic mass is 19.1. The van der Waals surface area contributed by atoms with Crippen LogP contribution in [0.4, 0.5) is 15.9 Å². The van der Waals surface area contributed by atoms with Gasteiger partial charge in [0, 0.05) is 49.2 Å². The molecule has 3 aromatic rings. The number of aliphatic hydroxyl groups excluding tert-OH is 2. The van der Waals surface area contributed by atoms with E-state index in [0.29, 0.717) is 25.3 Å². The number of likely N-dealkylation sites (N-methyl/N-ethyl adjacent to an activating group) is 1. The smallest absolute Gasteiger partial charge is 0.318 e. The Bertz CT molecular complexity index is 1660. The van der Waals surface area contributed by atoms with Gasteiger partial charge in [0.2, 0.25) is 0 Å². The quantitative estimate of drug-likeness (QED) is 0.383. The standard InChI is InChI=1S/C33H38FN7O4/c1-20-6-4-7-22-8-5-9-26(30(20)22)39-13-11-24-25(18-39)36-33(45-19-27-28(42)16-29(43)38(27)3)37-31(24)40-14-15-41(32(44)21(2)34)23(17-40)10-12-35/h4-9,23,27-29,42-43H,2,10-11,13-19H2,1,3H3/t23-,27+,28+,29?/m0/s1. The summed E-state index contributed by atoms with van der Waals surface area (Å²) in [6.07, 6.45) is -0.589. The maximum atomic E-state index is 13.8. The summed E-state index contributed by atoms with van der Waals surface area (Å²) in [5.41, 5.74) is 4.08. The normalized spacial score (nSPS) is 23.6. The van der Waals surface area contributed by atoms with E-state index in [9.17, 15) is 24.7 Å². The van der Waals surface area contributed by atoms with Gasteiger partial charge < -0.3 is 29.6 Å². The molecule has 4 heterocycles. The number of nitriles is 1. The Morgan fingerprint density at radius 3 is 2.64 bits per heavy atom. The summed E-state index contributed by atoms with van der Waals surface area (Å²) >= 11 is 0. The summed E-state index contributed by atoms with van der Waals surface area (Å²) in [5, 5.41) is 32.5. The maximum absolute atomic E-state index is 13.8. The third-order valence-corrected chi connectivity index (χ3v) is 9.33. The monoisotopic (exact) mass is 615 g/mol. The van der Waals surface area contributed by atoms with Gasteiger partial charge in [0.25, 0.3) is 5.91 Å². The molecule has 0 radical (unpaired) electrons. The summed E-state index contributed by atoms with van der Waals surface area (Å²) in [6.45, 7) is 7.48. The zero-order valence-electron chi connectivity index (χ0n) is 25.6. The van der Waals surface area contributed by atoms with Crippen LogP contribution in [0.1, 0.15) is 29.7 Å². The lowest BCUT2D eigenvalue weighted by atomic mass is 9.99. The van der Waals surface area contributed by atoms with Gasteiger partial charge in [-0.15, -0.1) is 0 Å². The van der Waals surface area contributed by atoms with Gasteiger partial charge in [0.15, 0.2) is 5.83 Å². The fourth-order valence-corrected chi connectivity index (χ4v) is 6.86. The van der Waals surface area contributed by atoms with E-state index >= 15 is 0 Å². The summed E-state index contributed by atoms with van der Waals surface area (Å²) < 4.78 is 19.9. The van der Waals surface area contributed by atoms with E-state index in [0.717, 1.165) is 23.5 Å². The Morgan fingerprint density at radius 2 is 1.93 bits per heavy atom. The van der Waals surface area contributed by atoms with Crippen LogP contribution in [-0.4, -0.2) is 100 Å². The molecule has 4 atom stereocenters. The zero-order chi connectivity index (χ0) is 31.8. The molecule has 2 saturated heterocycles. The van der Waals surface area contributed by atoms with Crippen molar-refractivity contribution in [2.75, 3.05) is 49.6 Å². The van der Waals surface area contributed by atoms with Crippen LogP contribution in [0.15, 0.2) is 48.8 Å². The number of aryl methyl sites for hydroxylation is 1. The van der Waals surface area contributed by atoms with Gasteiger partial charge in [-0.1, -0.05) is 36.9 Å². The number of benzene rings is 2. The van der Waals surface area contributed by atoms with Gasteiger partial charge >= 0.3 is 6.01 Å². The molecule has 6 rings (SSSR count). The molecule has 3 aliphatic rings. The van der Waals surface area contributed by atoms with E-state index in [1.165, 1.54) is 21.2 Å². The molecule has 1 aromatic heterocycles. The highest BCUT2D eigenvalue weighted by Gasteiger charge is 2.38. The van der Waals surface area contributed by atoms with Crippen LogP contribution in [-0.2, 0) is 17.8 Å². The number of hydrogen-bond acceptors (Lipinski definition) is 10. The van der Waals surface area contributed by atoms with E-state index in [4.69, 9.17) is 14.7 Å². The number of carbonyl (C=O) groups excluding carboxylic acids is 1. The van der Waals surface area contributed by atoms with Crippen LogP contribution in [0.25, 0.3) is 10.8 Å². The minimum Gasteiger partial charge on any atom is -0.462 e.